The molecule has 4 rings (SSSR count). The van der Waals surface area contributed by atoms with Crippen molar-refractivity contribution in [2.45, 2.75) is 19.5 Å². The van der Waals surface area contributed by atoms with E-state index in [0.717, 1.165) is 17.8 Å². The van der Waals surface area contributed by atoms with Crippen LogP contribution in [0.5, 0.6) is 0 Å². The van der Waals surface area contributed by atoms with Crippen molar-refractivity contribution in [2.75, 3.05) is 6.54 Å². The average Bonchev–Trinajstić information content (AvgIpc) is 2.62. The lowest BCUT2D eigenvalue weighted by molar-refractivity contribution is 0.242. The predicted octanol–water partition coefficient (Wildman–Crippen LogP) is 3.09. The fourth-order valence-electron chi connectivity index (χ4n) is 3.13. The van der Waals surface area contributed by atoms with Gasteiger partial charge in [-0.05, 0) is 23.8 Å². The minimum absolute atomic E-state index is 0.123. The SMILES string of the molecule is O=c1[nH]c(-c2cncnc2)nc2c1CN(Cc1cc(Cl)cc(Cl)c1)CC2. The molecule has 1 aliphatic heterocycles. The topological polar surface area (TPSA) is 74.8 Å². The Labute approximate surface area is 159 Å². The predicted molar refractivity (Wildman–Crippen MR) is 100 cm³/mol. The van der Waals surface area contributed by atoms with Crippen LogP contribution in [0.4, 0.5) is 0 Å². The molecule has 2 aromatic heterocycles. The normalized spacial score (nSPS) is 14.2. The number of fused-ring (bicyclic) bond motifs is 1. The Kier molecular flexibility index (Phi) is 4.72. The van der Waals surface area contributed by atoms with Gasteiger partial charge in [0.15, 0.2) is 0 Å². The molecule has 0 spiro atoms. The van der Waals surface area contributed by atoms with Crippen molar-refractivity contribution >= 4 is 23.2 Å². The molecule has 0 fully saturated rings. The molecule has 1 N–H and O–H groups in total. The summed E-state index contributed by atoms with van der Waals surface area (Å²) in [5.74, 6) is 0.504. The molecule has 0 atom stereocenters. The number of halogens is 2. The van der Waals surface area contributed by atoms with Crippen LogP contribution in [0.1, 0.15) is 16.8 Å². The van der Waals surface area contributed by atoms with Crippen molar-refractivity contribution in [1.29, 1.82) is 0 Å². The van der Waals surface area contributed by atoms with Gasteiger partial charge in [-0.15, -0.1) is 0 Å². The molecule has 0 aliphatic carbocycles. The lowest BCUT2D eigenvalue weighted by Gasteiger charge is -2.27. The van der Waals surface area contributed by atoms with Gasteiger partial charge in [0.2, 0.25) is 0 Å². The van der Waals surface area contributed by atoms with Crippen LogP contribution in [0.3, 0.4) is 0 Å². The van der Waals surface area contributed by atoms with Crippen LogP contribution in [-0.2, 0) is 19.5 Å². The zero-order chi connectivity index (χ0) is 18.1. The Morgan fingerprint density at radius 1 is 1.12 bits per heavy atom. The van der Waals surface area contributed by atoms with Crippen LogP contribution in [0.2, 0.25) is 10.0 Å². The van der Waals surface area contributed by atoms with Crippen LogP contribution in [0.25, 0.3) is 11.4 Å². The molecule has 0 amide bonds. The molecule has 0 unspecified atom stereocenters. The summed E-state index contributed by atoms with van der Waals surface area (Å²) in [7, 11) is 0. The van der Waals surface area contributed by atoms with E-state index in [1.165, 1.54) is 6.33 Å². The van der Waals surface area contributed by atoms with Gasteiger partial charge in [-0.25, -0.2) is 15.0 Å². The minimum atomic E-state index is -0.123. The summed E-state index contributed by atoms with van der Waals surface area (Å²) in [5.41, 5.74) is 3.12. The van der Waals surface area contributed by atoms with Crippen molar-refractivity contribution in [2.24, 2.45) is 0 Å². The lowest BCUT2D eigenvalue weighted by atomic mass is 10.1. The number of aromatic nitrogens is 4. The molecule has 0 bridgehead atoms. The fraction of sp³-hybridized carbons (Fsp3) is 0.222. The zero-order valence-corrected chi connectivity index (χ0v) is 15.3. The summed E-state index contributed by atoms with van der Waals surface area (Å²) < 4.78 is 0. The number of nitrogens with one attached hydrogen (secondary N) is 1. The molecule has 0 saturated heterocycles. The van der Waals surface area contributed by atoms with Gasteiger partial charge < -0.3 is 4.98 Å². The third-order valence-corrected chi connectivity index (χ3v) is 4.75. The van der Waals surface area contributed by atoms with Crippen LogP contribution >= 0.6 is 23.2 Å². The number of rotatable bonds is 3. The molecule has 1 aromatic carbocycles. The third kappa shape index (κ3) is 3.62. The van der Waals surface area contributed by atoms with Crippen molar-refractivity contribution in [1.82, 2.24) is 24.8 Å². The highest BCUT2D eigenvalue weighted by atomic mass is 35.5. The van der Waals surface area contributed by atoms with E-state index >= 15 is 0 Å². The molecule has 3 heterocycles. The van der Waals surface area contributed by atoms with Gasteiger partial charge in [0.1, 0.15) is 12.2 Å². The van der Waals surface area contributed by atoms with Gasteiger partial charge in [-0.2, -0.15) is 0 Å². The number of benzene rings is 1. The Hall–Kier alpha value is -2.28. The highest BCUT2D eigenvalue weighted by Gasteiger charge is 2.22. The van der Waals surface area contributed by atoms with Gasteiger partial charge in [0, 0.05) is 48.5 Å². The molecule has 132 valence electrons. The molecule has 0 radical (unpaired) electrons. The maximum absolute atomic E-state index is 12.6. The maximum atomic E-state index is 12.6. The average molecular weight is 388 g/mol. The molecule has 6 nitrogen and oxygen atoms in total. The summed E-state index contributed by atoms with van der Waals surface area (Å²) >= 11 is 12.1. The quantitative estimate of drug-likeness (QED) is 0.747. The van der Waals surface area contributed by atoms with Gasteiger partial charge >= 0.3 is 0 Å². The Balaban J connectivity index is 1.58. The Morgan fingerprint density at radius 2 is 1.85 bits per heavy atom. The molecule has 8 heteroatoms. The van der Waals surface area contributed by atoms with Crippen LogP contribution < -0.4 is 5.56 Å². The molecule has 0 saturated carbocycles. The number of aromatic amines is 1. The Morgan fingerprint density at radius 3 is 2.58 bits per heavy atom. The first kappa shape index (κ1) is 17.1. The second-order valence-electron chi connectivity index (χ2n) is 6.21. The first-order valence-corrected chi connectivity index (χ1v) is 8.89. The maximum Gasteiger partial charge on any atom is 0.255 e. The van der Waals surface area contributed by atoms with E-state index in [2.05, 4.69) is 24.8 Å². The second kappa shape index (κ2) is 7.15. The van der Waals surface area contributed by atoms with Crippen molar-refractivity contribution in [3.63, 3.8) is 0 Å². The standard InChI is InChI=1S/C18H15Cl2N5O/c19-13-3-11(4-14(20)5-13)8-25-2-1-16-15(9-25)18(26)24-17(23-16)12-6-21-10-22-7-12/h3-7,10H,1-2,8-9H2,(H,23,24,26). The lowest BCUT2D eigenvalue weighted by Crippen LogP contribution is -2.35. The molecule has 3 aromatic rings. The second-order valence-corrected chi connectivity index (χ2v) is 7.08. The highest BCUT2D eigenvalue weighted by Crippen LogP contribution is 2.23. The van der Waals surface area contributed by atoms with Crippen molar-refractivity contribution in [3.8, 4) is 11.4 Å². The summed E-state index contributed by atoms with van der Waals surface area (Å²) in [6, 6.07) is 5.50. The summed E-state index contributed by atoms with van der Waals surface area (Å²) in [6.45, 7) is 2.01. The fourth-order valence-corrected chi connectivity index (χ4v) is 3.71. The van der Waals surface area contributed by atoms with E-state index in [4.69, 9.17) is 23.2 Å². The highest BCUT2D eigenvalue weighted by molar-refractivity contribution is 6.34. The van der Waals surface area contributed by atoms with Crippen LogP contribution in [0.15, 0.2) is 41.7 Å². The monoisotopic (exact) mass is 387 g/mol. The van der Waals surface area contributed by atoms with E-state index in [-0.39, 0.29) is 5.56 Å². The van der Waals surface area contributed by atoms with Crippen LogP contribution in [0, 0.1) is 0 Å². The van der Waals surface area contributed by atoms with E-state index < -0.39 is 0 Å². The molecule has 26 heavy (non-hydrogen) atoms. The molecular weight excluding hydrogens is 373 g/mol. The van der Waals surface area contributed by atoms with Gasteiger partial charge in [-0.3, -0.25) is 9.69 Å². The summed E-state index contributed by atoms with van der Waals surface area (Å²) in [4.78, 5) is 30.1. The van der Waals surface area contributed by atoms with E-state index in [9.17, 15) is 4.79 Å². The molecule has 1 aliphatic rings. The van der Waals surface area contributed by atoms with E-state index in [1.807, 2.05) is 12.1 Å². The van der Waals surface area contributed by atoms with Crippen molar-refractivity contribution in [3.05, 3.63) is 74.1 Å². The minimum Gasteiger partial charge on any atom is -0.306 e. The van der Waals surface area contributed by atoms with Gasteiger partial charge in [-0.1, -0.05) is 23.2 Å². The number of hydrogen-bond donors (Lipinski definition) is 1. The smallest absolute Gasteiger partial charge is 0.255 e. The van der Waals surface area contributed by atoms with Gasteiger partial charge in [0.25, 0.3) is 5.56 Å². The number of hydrogen-bond acceptors (Lipinski definition) is 5. The first-order valence-electron chi connectivity index (χ1n) is 8.13. The number of H-pyrrole nitrogens is 1. The first-order chi connectivity index (χ1) is 12.6. The third-order valence-electron chi connectivity index (χ3n) is 4.31. The van der Waals surface area contributed by atoms with Gasteiger partial charge in [0.05, 0.1) is 16.8 Å². The summed E-state index contributed by atoms with van der Waals surface area (Å²) in [5, 5.41) is 1.22. The van der Waals surface area contributed by atoms with E-state index in [0.29, 0.717) is 46.5 Å². The van der Waals surface area contributed by atoms with Crippen LogP contribution in [-0.4, -0.2) is 31.4 Å². The molecular formula is C18H15Cl2N5O. The summed E-state index contributed by atoms with van der Waals surface area (Å²) in [6.07, 6.45) is 5.42. The largest absolute Gasteiger partial charge is 0.306 e. The zero-order valence-electron chi connectivity index (χ0n) is 13.7. The Bertz CT molecular complexity index is 986. The number of nitrogens with zero attached hydrogens (tertiary/aromatic N) is 4. The van der Waals surface area contributed by atoms with E-state index in [1.54, 1.807) is 18.5 Å². The van der Waals surface area contributed by atoms with Crippen molar-refractivity contribution < 1.29 is 0 Å².